The lowest BCUT2D eigenvalue weighted by atomic mass is 10.1. The summed E-state index contributed by atoms with van der Waals surface area (Å²) >= 11 is 6.99. The molecule has 6 aromatic rings. The highest BCUT2D eigenvalue weighted by Crippen LogP contribution is 2.27. The molecule has 0 unspecified atom stereocenters. The Morgan fingerprint density at radius 3 is 1.25 bits per heavy atom. The summed E-state index contributed by atoms with van der Waals surface area (Å²) in [6, 6.07) is 29.7. The molecule has 0 radical (unpaired) electrons. The predicted molar refractivity (Wildman–Crippen MR) is 249 cm³/mol. The number of nitrogens with one attached hydrogen (secondary N) is 2. The molecule has 2 aromatic heterocycles. The van der Waals surface area contributed by atoms with Gasteiger partial charge in [-0.2, -0.15) is 0 Å². The number of hydrogen-bond acceptors (Lipinski definition) is 12. The van der Waals surface area contributed by atoms with Gasteiger partial charge in [-0.15, -0.1) is 0 Å². The first-order valence-electron chi connectivity index (χ1n) is 20.0. The van der Waals surface area contributed by atoms with Gasteiger partial charge in [-0.3, -0.25) is 9.59 Å². The summed E-state index contributed by atoms with van der Waals surface area (Å²) < 4.78 is 34.6. The van der Waals surface area contributed by atoms with Gasteiger partial charge in [-0.1, -0.05) is 92.5 Å². The lowest BCUT2D eigenvalue weighted by Crippen LogP contribution is -2.28. The molecule has 0 saturated carbocycles. The highest BCUT2D eigenvalue weighted by molar-refractivity contribution is 9.10. The number of ether oxygens (including phenoxy) is 6. The van der Waals surface area contributed by atoms with Gasteiger partial charge in [0.15, 0.2) is 11.4 Å². The average Bonchev–Trinajstić information content (AvgIpc) is 3.24. The Balaban J connectivity index is 0.000000241. The third-order valence-electron chi connectivity index (χ3n) is 8.71. The standard InChI is InChI=1S/2C24H25BrN2O5/c2*1-24(2,3)32-23(29)20-21(31-14-15-8-6-5-7-9-15)22(28)27-19(26-20)13-16-12-17(30-4)10-11-18(16)25/h2*5-12H,13-14H2,1-4H3,(H,26,27,28). The smallest absolute Gasteiger partial charge is 0.361 e. The molecule has 6 rings (SSSR count). The normalized spacial score (nSPS) is 11.2. The molecular weight excluding hydrogens is 952 g/mol. The Hall–Kier alpha value is -6.26. The molecule has 2 N–H and O–H groups in total. The van der Waals surface area contributed by atoms with E-state index in [-0.39, 0.29) is 48.9 Å². The highest BCUT2D eigenvalue weighted by atomic mass is 79.9. The fourth-order valence-corrected chi connectivity index (χ4v) is 6.60. The maximum absolute atomic E-state index is 12.9. The van der Waals surface area contributed by atoms with Crippen LogP contribution in [0.25, 0.3) is 0 Å². The lowest BCUT2D eigenvalue weighted by Gasteiger charge is -2.20. The number of aromatic amines is 2. The van der Waals surface area contributed by atoms with E-state index in [1.165, 1.54) is 0 Å². The molecule has 0 fully saturated rings. The molecular formula is C48H50Br2N4O10. The summed E-state index contributed by atoms with van der Waals surface area (Å²) in [6.07, 6.45) is 0.531. The average molecular weight is 1000 g/mol. The molecule has 336 valence electrons. The van der Waals surface area contributed by atoms with Crippen molar-refractivity contribution in [3.8, 4) is 23.0 Å². The predicted octanol–water partition coefficient (Wildman–Crippen LogP) is 9.33. The van der Waals surface area contributed by atoms with E-state index in [2.05, 4.69) is 51.8 Å². The molecule has 0 spiro atoms. The maximum Gasteiger partial charge on any atom is 0.361 e. The number of esters is 2. The second kappa shape index (κ2) is 21.9. The van der Waals surface area contributed by atoms with Crippen LogP contribution in [0.5, 0.6) is 23.0 Å². The van der Waals surface area contributed by atoms with Gasteiger partial charge < -0.3 is 38.4 Å². The highest BCUT2D eigenvalue weighted by Gasteiger charge is 2.28. The molecule has 0 amide bonds. The molecule has 2 heterocycles. The SMILES string of the molecule is COc1ccc(Br)c(Cc2nc(C(=O)OC(C)(C)C)c(OCc3ccccc3)c(=O)[nH]2)c1.COc1ccc(Br)c(Cc2nc(C(=O)OC(C)(C)C)c(OCc3ccccc3)c(=O)[nH]2)c1. The monoisotopic (exact) mass is 1000 g/mol. The van der Waals surface area contributed by atoms with Crippen LogP contribution in [0.2, 0.25) is 0 Å². The van der Waals surface area contributed by atoms with Crippen molar-refractivity contribution >= 4 is 43.8 Å². The number of H-pyrrole nitrogens is 2. The van der Waals surface area contributed by atoms with Gasteiger partial charge >= 0.3 is 11.9 Å². The van der Waals surface area contributed by atoms with Crippen LogP contribution in [-0.2, 0) is 35.5 Å². The maximum atomic E-state index is 12.9. The van der Waals surface area contributed by atoms with Crippen LogP contribution in [0.1, 0.15) is 96.4 Å². The Kier molecular flexibility index (Phi) is 16.7. The molecule has 64 heavy (non-hydrogen) atoms. The Morgan fingerprint density at radius 1 is 0.562 bits per heavy atom. The fourth-order valence-electron chi connectivity index (χ4n) is 5.83. The summed E-state index contributed by atoms with van der Waals surface area (Å²) in [5.74, 6) is 0.151. The summed E-state index contributed by atoms with van der Waals surface area (Å²) in [5.41, 5.74) is 0.445. The van der Waals surface area contributed by atoms with Gasteiger partial charge in [0.2, 0.25) is 11.5 Å². The second-order valence-electron chi connectivity index (χ2n) is 16.2. The number of benzene rings is 4. The van der Waals surface area contributed by atoms with Crippen molar-refractivity contribution in [3.05, 3.63) is 172 Å². The van der Waals surface area contributed by atoms with Crippen molar-refractivity contribution in [2.45, 2.75) is 78.8 Å². The van der Waals surface area contributed by atoms with Crippen molar-refractivity contribution in [2.75, 3.05) is 14.2 Å². The third-order valence-corrected chi connectivity index (χ3v) is 10.3. The topological polar surface area (TPSA) is 181 Å². The van der Waals surface area contributed by atoms with Crippen LogP contribution in [-0.4, -0.2) is 57.3 Å². The van der Waals surface area contributed by atoms with E-state index in [1.54, 1.807) is 55.8 Å². The minimum Gasteiger partial charge on any atom is -0.497 e. The van der Waals surface area contributed by atoms with Crippen molar-refractivity contribution in [2.24, 2.45) is 0 Å². The van der Waals surface area contributed by atoms with Gasteiger partial charge in [0.1, 0.15) is 47.6 Å². The van der Waals surface area contributed by atoms with Gasteiger partial charge in [0.05, 0.1) is 14.2 Å². The largest absolute Gasteiger partial charge is 0.497 e. The fraction of sp³-hybridized carbons (Fsp3) is 0.292. The third kappa shape index (κ3) is 14.4. The van der Waals surface area contributed by atoms with Crippen molar-refractivity contribution < 1.29 is 38.0 Å². The molecule has 16 heteroatoms. The van der Waals surface area contributed by atoms with E-state index in [4.69, 9.17) is 28.4 Å². The van der Waals surface area contributed by atoms with E-state index >= 15 is 0 Å². The number of rotatable bonds is 14. The van der Waals surface area contributed by atoms with Crippen LogP contribution in [0.15, 0.2) is 116 Å². The van der Waals surface area contributed by atoms with E-state index in [9.17, 15) is 19.2 Å². The minimum absolute atomic E-state index is 0.113. The van der Waals surface area contributed by atoms with Gasteiger partial charge in [0.25, 0.3) is 11.1 Å². The molecule has 0 atom stereocenters. The first kappa shape index (κ1) is 48.8. The number of nitrogens with zero attached hydrogens (tertiary/aromatic N) is 2. The summed E-state index contributed by atoms with van der Waals surface area (Å²) in [6.45, 7) is 10.7. The van der Waals surface area contributed by atoms with Gasteiger partial charge in [-0.25, -0.2) is 19.6 Å². The van der Waals surface area contributed by atoms with Crippen molar-refractivity contribution in [1.29, 1.82) is 0 Å². The van der Waals surface area contributed by atoms with Crippen molar-refractivity contribution in [1.82, 2.24) is 19.9 Å². The molecule has 0 aliphatic rings. The Labute approximate surface area is 388 Å². The second-order valence-corrected chi connectivity index (χ2v) is 17.9. The van der Waals surface area contributed by atoms with Crippen LogP contribution < -0.4 is 30.1 Å². The molecule has 0 aliphatic heterocycles. The van der Waals surface area contributed by atoms with E-state index < -0.39 is 34.3 Å². The van der Waals surface area contributed by atoms with Crippen LogP contribution in [0.3, 0.4) is 0 Å². The zero-order valence-electron chi connectivity index (χ0n) is 36.8. The van der Waals surface area contributed by atoms with Crippen LogP contribution >= 0.6 is 31.9 Å². The number of halogens is 2. The summed E-state index contributed by atoms with van der Waals surface area (Å²) in [4.78, 5) is 65.8. The van der Waals surface area contributed by atoms with E-state index in [0.717, 1.165) is 31.2 Å². The van der Waals surface area contributed by atoms with E-state index in [1.807, 2.05) is 97.1 Å². The number of aromatic nitrogens is 4. The summed E-state index contributed by atoms with van der Waals surface area (Å²) in [5, 5.41) is 0. The zero-order valence-corrected chi connectivity index (χ0v) is 40.0. The van der Waals surface area contributed by atoms with Crippen LogP contribution in [0.4, 0.5) is 0 Å². The lowest BCUT2D eigenvalue weighted by molar-refractivity contribution is 0.00447. The van der Waals surface area contributed by atoms with E-state index in [0.29, 0.717) is 23.1 Å². The van der Waals surface area contributed by atoms with Gasteiger partial charge in [-0.05, 0) is 100 Å². The first-order chi connectivity index (χ1) is 30.3. The zero-order chi connectivity index (χ0) is 46.6. The number of carbonyl (C=O) groups is 2. The number of carbonyl (C=O) groups excluding carboxylic acids is 2. The Bertz CT molecular complexity index is 2490. The van der Waals surface area contributed by atoms with Crippen molar-refractivity contribution in [3.63, 3.8) is 0 Å². The molecule has 0 aliphatic carbocycles. The number of methoxy groups -OCH3 is 2. The molecule has 4 aromatic carbocycles. The molecule has 14 nitrogen and oxygen atoms in total. The summed E-state index contributed by atoms with van der Waals surface area (Å²) in [7, 11) is 3.15. The Morgan fingerprint density at radius 2 is 0.922 bits per heavy atom. The van der Waals surface area contributed by atoms with Crippen LogP contribution in [0, 0.1) is 0 Å². The first-order valence-corrected chi connectivity index (χ1v) is 21.6. The quantitative estimate of drug-likeness (QED) is 0.0989. The number of hydrogen-bond donors (Lipinski definition) is 2. The van der Waals surface area contributed by atoms with Gasteiger partial charge in [0, 0.05) is 21.8 Å². The molecule has 0 saturated heterocycles. The minimum atomic E-state index is -0.756. The molecule has 0 bridgehead atoms.